The summed E-state index contributed by atoms with van der Waals surface area (Å²) in [6.07, 6.45) is 2.53. The Morgan fingerprint density at radius 2 is 1.87 bits per heavy atom. The average molecular weight is 452 g/mol. The van der Waals surface area contributed by atoms with Gasteiger partial charge in [-0.15, -0.1) is 0 Å². The number of aromatic nitrogens is 1. The number of halogens is 1. The smallest absolute Gasteiger partial charge is 0.173 e. The lowest BCUT2D eigenvalue weighted by Gasteiger charge is -2.25. The highest BCUT2D eigenvalue weighted by molar-refractivity contribution is 7.80. The Labute approximate surface area is 193 Å². The van der Waals surface area contributed by atoms with E-state index in [0.717, 1.165) is 46.0 Å². The summed E-state index contributed by atoms with van der Waals surface area (Å²) in [5.74, 6) is 0.878. The Hall–Kier alpha value is -2.76. The average Bonchev–Trinajstić information content (AvgIpc) is 3.31. The number of fused-ring (bicyclic) bond motifs is 1. The van der Waals surface area contributed by atoms with E-state index in [0.29, 0.717) is 11.7 Å². The lowest BCUT2D eigenvalue weighted by atomic mass is 10.1. The van der Waals surface area contributed by atoms with Gasteiger partial charge in [-0.05, 0) is 98.6 Å². The van der Waals surface area contributed by atoms with Gasteiger partial charge < -0.3 is 19.6 Å². The van der Waals surface area contributed by atoms with Gasteiger partial charge in [0.25, 0.3) is 0 Å². The van der Waals surface area contributed by atoms with Crippen LogP contribution in [-0.2, 0) is 13.0 Å². The van der Waals surface area contributed by atoms with Crippen molar-refractivity contribution in [2.24, 2.45) is 0 Å². The third-order valence-corrected chi connectivity index (χ3v) is 6.00. The molecule has 2 heterocycles. The number of H-pyrrole nitrogens is 1. The van der Waals surface area contributed by atoms with E-state index >= 15 is 0 Å². The maximum Gasteiger partial charge on any atom is 0.173 e. The van der Waals surface area contributed by atoms with Crippen LogP contribution >= 0.6 is 23.8 Å². The number of aromatic amines is 1. The number of hydrogen-bond donors (Lipinski definition) is 2. The molecule has 0 radical (unpaired) electrons. The molecular formula is C25H26ClN3OS. The second kappa shape index (κ2) is 9.16. The highest BCUT2D eigenvalue weighted by Crippen LogP contribution is 2.26. The Morgan fingerprint density at radius 3 is 2.58 bits per heavy atom. The van der Waals surface area contributed by atoms with Crippen molar-refractivity contribution in [2.45, 2.75) is 33.7 Å². The van der Waals surface area contributed by atoms with E-state index in [1.54, 1.807) is 6.26 Å². The molecule has 31 heavy (non-hydrogen) atoms. The summed E-state index contributed by atoms with van der Waals surface area (Å²) in [7, 11) is 0. The van der Waals surface area contributed by atoms with Crippen molar-refractivity contribution in [3.8, 4) is 0 Å². The van der Waals surface area contributed by atoms with Gasteiger partial charge in [-0.1, -0.05) is 17.7 Å². The molecule has 0 aliphatic rings. The molecule has 2 aromatic heterocycles. The molecule has 0 bridgehead atoms. The van der Waals surface area contributed by atoms with Crippen LogP contribution < -0.4 is 5.32 Å². The van der Waals surface area contributed by atoms with Gasteiger partial charge >= 0.3 is 0 Å². The van der Waals surface area contributed by atoms with E-state index in [9.17, 15) is 0 Å². The van der Waals surface area contributed by atoms with Crippen molar-refractivity contribution in [2.75, 3.05) is 11.9 Å². The molecule has 0 atom stereocenters. The van der Waals surface area contributed by atoms with Gasteiger partial charge in [0.05, 0.1) is 12.8 Å². The molecule has 4 aromatic rings. The fraction of sp³-hybridized carbons (Fsp3) is 0.240. The van der Waals surface area contributed by atoms with Gasteiger partial charge in [-0.2, -0.15) is 0 Å². The third kappa shape index (κ3) is 5.12. The minimum absolute atomic E-state index is 0.603. The van der Waals surface area contributed by atoms with Crippen LogP contribution in [0.3, 0.4) is 0 Å². The summed E-state index contributed by atoms with van der Waals surface area (Å²) < 4.78 is 5.60. The van der Waals surface area contributed by atoms with Crippen LogP contribution in [0.1, 0.15) is 28.1 Å². The molecule has 160 valence electrons. The van der Waals surface area contributed by atoms with E-state index < -0.39 is 0 Å². The van der Waals surface area contributed by atoms with Crippen LogP contribution in [0.4, 0.5) is 5.69 Å². The minimum Gasteiger partial charge on any atom is -0.467 e. The maximum absolute atomic E-state index is 6.26. The first-order valence-electron chi connectivity index (χ1n) is 10.3. The molecule has 2 aromatic carbocycles. The second-order valence-electron chi connectivity index (χ2n) is 7.98. The number of benzene rings is 2. The van der Waals surface area contributed by atoms with E-state index in [1.165, 1.54) is 16.7 Å². The van der Waals surface area contributed by atoms with Crippen LogP contribution in [0.25, 0.3) is 10.9 Å². The maximum atomic E-state index is 6.26. The molecule has 0 fully saturated rings. The van der Waals surface area contributed by atoms with E-state index in [-0.39, 0.29) is 0 Å². The molecular weight excluding hydrogens is 426 g/mol. The van der Waals surface area contributed by atoms with Gasteiger partial charge in [0.2, 0.25) is 0 Å². The SMILES string of the molecule is Cc1cc(C)cc(NC(=S)N(CCc2c(C)[nH]c3ccc(Cl)cc23)Cc2ccco2)c1. The number of nitrogens with one attached hydrogen (secondary N) is 2. The van der Waals surface area contributed by atoms with Crippen molar-refractivity contribution in [3.05, 3.63) is 88.0 Å². The molecule has 4 rings (SSSR count). The quantitative estimate of drug-likeness (QED) is 0.317. The first-order valence-corrected chi connectivity index (χ1v) is 11.1. The molecule has 6 heteroatoms. The summed E-state index contributed by atoms with van der Waals surface area (Å²) in [5.41, 5.74) is 6.93. The van der Waals surface area contributed by atoms with Gasteiger partial charge in [0, 0.05) is 33.9 Å². The summed E-state index contributed by atoms with van der Waals surface area (Å²) >= 11 is 12.1. The van der Waals surface area contributed by atoms with Crippen LogP contribution in [0, 0.1) is 20.8 Å². The molecule has 4 nitrogen and oxygen atoms in total. The summed E-state index contributed by atoms with van der Waals surface area (Å²) in [6.45, 7) is 7.63. The number of hydrogen-bond acceptors (Lipinski definition) is 2. The lowest BCUT2D eigenvalue weighted by molar-refractivity contribution is 0.368. The van der Waals surface area contributed by atoms with Crippen LogP contribution in [0.2, 0.25) is 5.02 Å². The number of thiocarbonyl (C=S) groups is 1. The molecule has 0 saturated heterocycles. The molecule has 0 aliphatic heterocycles. The molecule has 2 N–H and O–H groups in total. The minimum atomic E-state index is 0.603. The van der Waals surface area contributed by atoms with Gasteiger partial charge in [-0.3, -0.25) is 0 Å². The zero-order chi connectivity index (χ0) is 22.0. The first-order chi connectivity index (χ1) is 14.9. The van der Waals surface area contributed by atoms with E-state index in [1.807, 2.05) is 30.3 Å². The number of rotatable bonds is 6. The number of anilines is 1. The molecule has 0 saturated carbocycles. The van der Waals surface area contributed by atoms with Crippen LogP contribution in [-0.4, -0.2) is 21.5 Å². The summed E-state index contributed by atoms with van der Waals surface area (Å²) in [4.78, 5) is 5.61. The summed E-state index contributed by atoms with van der Waals surface area (Å²) in [5, 5.41) is 6.00. The second-order valence-corrected chi connectivity index (χ2v) is 8.80. The van der Waals surface area contributed by atoms with Crippen LogP contribution in [0.15, 0.2) is 59.2 Å². The van der Waals surface area contributed by atoms with Gasteiger partial charge in [-0.25, -0.2) is 0 Å². The summed E-state index contributed by atoms with van der Waals surface area (Å²) in [6, 6.07) is 16.2. The first kappa shape index (κ1) is 21.5. The van der Waals surface area contributed by atoms with Crippen molar-refractivity contribution >= 4 is 45.5 Å². The zero-order valence-electron chi connectivity index (χ0n) is 18.0. The van der Waals surface area contributed by atoms with Crippen LogP contribution in [0.5, 0.6) is 0 Å². The van der Waals surface area contributed by atoms with Gasteiger partial charge in [0.1, 0.15) is 5.76 Å². The zero-order valence-corrected chi connectivity index (χ0v) is 19.5. The standard InChI is InChI=1S/C25H26ClN3OS/c1-16-11-17(2)13-20(12-16)28-25(31)29(15-21-5-4-10-30-21)9-8-22-18(3)27-24-7-6-19(26)14-23(22)24/h4-7,10-14,27H,8-9,15H2,1-3H3,(H,28,31). The highest BCUT2D eigenvalue weighted by atomic mass is 35.5. The van der Waals surface area contributed by atoms with Crippen molar-refractivity contribution in [3.63, 3.8) is 0 Å². The predicted molar refractivity (Wildman–Crippen MR) is 133 cm³/mol. The normalized spacial score (nSPS) is 11.1. The van der Waals surface area contributed by atoms with Crippen molar-refractivity contribution in [1.82, 2.24) is 9.88 Å². The fourth-order valence-electron chi connectivity index (χ4n) is 4.02. The predicted octanol–water partition coefficient (Wildman–Crippen LogP) is 6.78. The Bertz CT molecular complexity index is 1190. The van der Waals surface area contributed by atoms with E-state index in [4.69, 9.17) is 28.2 Å². The van der Waals surface area contributed by atoms with Crippen molar-refractivity contribution in [1.29, 1.82) is 0 Å². The monoisotopic (exact) mass is 451 g/mol. The van der Waals surface area contributed by atoms with E-state index in [2.05, 4.69) is 54.2 Å². The Kier molecular flexibility index (Phi) is 6.35. The molecule has 0 amide bonds. The van der Waals surface area contributed by atoms with Crippen molar-refractivity contribution < 1.29 is 4.42 Å². The molecule has 0 unspecified atom stereocenters. The number of aryl methyl sites for hydroxylation is 3. The topological polar surface area (TPSA) is 44.2 Å². The fourth-order valence-corrected chi connectivity index (χ4v) is 4.46. The largest absolute Gasteiger partial charge is 0.467 e. The Balaban J connectivity index is 1.56. The molecule has 0 aliphatic carbocycles. The van der Waals surface area contributed by atoms with Gasteiger partial charge in [0.15, 0.2) is 5.11 Å². The third-order valence-electron chi connectivity index (χ3n) is 5.40. The molecule has 0 spiro atoms. The Morgan fingerprint density at radius 1 is 1.10 bits per heavy atom. The number of nitrogens with zero attached hydrogens (tertiary/aromatic N) is 1. The number of furan rings is 1. The lowest BCUT2D eigenvalue weighted by Crippen LogP contribution is -2.35. The highest BCUT2D eigenvalue weighted by Gasteiger charge is 2.16.